The van der Waals surface area contributed by atoms with Crippen LogP contribution < -0.4 is 18.9 Å². The molecule has 4 heteroatoms. The first kappa shape index (κ1) is 26.9. The van der Waals surface area contributed by atoms with Gasteiger partial charge in [0, 0.05) is 23.3 Å². The maximum atomic E-state index is 5.86. The van der Waals surface area contributed by atoms with E-state index in [-0.39, 0.29) is 0 Å². The highest BCUT2D eigenvalue weighted by atomic mass is 16.5. The molecule has 190 valence electrons. The number of hydrogen-bond acceptors (Lipinski definition) is 4. The molecule has 0 amide bonds. The highest BCUT2D eigenvalue weighted by molar-refractivity contribution is 5.79. The Labute approximate surface area is 216 Å². The van der Waals surface area contributed by atoms with E-state index in [0.717, 1.165) is 40.5 Å². The van der Waals surface area contributed by atoms with Crippen molar-refractivity contribution < 1.29 is 18.9 Å². The van der Waals surface area contributed by atoms with Gasteiger partial charge in [-0.2, -0.15) is 0 Å². The normalized spacial score (nSPS) is 11.4. The van der Waals surface area contributed by atoms with Crippen molar-refractivity contribution in [2.45, 2.75) is 34.1 Å². The molecule has 4 nitrogen and oxygen atoms in total. The van der Waals surface area contributed by atoms with Gasteiger partial charge in [0.05, 0.1) is 27.4 Å². The second-order valence-electron chi connectivity index (χ2n) is 8.85. The second kappa shape index (κ2) is 13.4. The van der Waals surface area contributed by atoms with E-state index < -0.39 is 0 Å². The molecule has 3 aromatic rings. The molecule has 0 radical (unpaired) electrons. The first-order chi connectivity index (χ1) is 17.5. The smallest absolute Gasteiger partial charge is 0.130 e. The predicted octanol–water partition coefficient (Wildman–Crippen LogP) is 8.04. The van der Waals surface area contributed by atoms with Crippen molar-refractivity contribution >= 4 is 24.3 Å². The number of methoxy groups -OCH3 is 2. The summed E-state index contributed by atoms with van der Waals surface area (Å²) in [5.41, 5.74) is 5.76. The van der Waals surface area contributed by atoms with Gasteiger partial charge in [-0.1, -0.05) is 56.4 Å². The lowest BCUT2D eigenvalue weighted by molar-refractivity contribution is 0.335. The maximum absolute atomic E-state index is 5.86. The van der Waals surface area contributed by atoms with Gasteiger partial charge in [0.25, 0.3) is 0 Å². The van der Waals surface area contributed by atoms with Crippen LogP contribution in [0.3, 0.4) is 0 Å². The summed E-state index contributed by atoms with van der Waals surface area (Å²) in [5, 5.41) is 0. The van der Waals surface area contributed by atoms with Crippen LogP contribution >= 0.6 is 0 Å². The minimum atomic E-state index is 0.520. The topological polar surface area (TPSA) is 36.9 Å². The van der Waals surface area contributed by atoms with Crippen LogP contribution in [0.5, 0.6) is 23.0 Å². The third-order valence-corrected chi connectivity index (χ3v) is 5.79. The molecule has 0 aliphatic rings. The molecular weight excluding hydrogens is 448 g/mol. The monoisotopic (exact) mass is 486 g/mol. The van der Waals surface area contributed by atoms with Gasteiger partial charge < -0.3 is 18.9 Å². The molecule has 0 heterocycles. The molecule has 0 spiro atoms. The quantitative estimate of drug-likeness (QED) is 0.243. The average molecular weight is 487 g/mol. The number of benzene rings is 3. The molecule has 0 aliphatic heterocycles. The lowest BCUT2D eigenvalue weighted by Crippen LogP contribution is -2.00. The molecule has 0 aromatic heterocycles. The van der Waals surface area contributed by atoms with Crippen molar-refractivity contribution in [3.63, 3.8) is 0 Å². The Kier molecular flexibility index (Phi) is 10.1. The molecule has 3 rings (SSSR count). The van der Waals surface area contributed by atoms with Gasteiger partial charge in [-0.05, 0) is 67.1 Å². The summed E-state index contributed by atoms with van der Waals surface area (Å²) in [6.07, 6.45) is 9.57. The number of rotatable bonds is 12. The Bertz CT molecular complexity index is 1110. The minimum Gasteiger partial charge on any atom is -0.497 e. The summed E-state index contributed by atoms with van der Waals surface area (Å²) in [6.45, 7) is 9.68. The molecule has 0 saturated heterocycles. The zero-order valence-corrected chi connectivity index (χ0v) is 22.3. The number of ether oxygens (including phenoxy) is 4. The van der Waals surface area contributed by atoms with Gasteiger partial charge in [-0.3, -0.25) is 0 Å². The first-order valence-electron chi connectivity index (χ1n) is 12.6. The summed E-state index contributed by atoms with van der Waals surface area (Å²) in [4.78, 5) is 0. The Hall–Kier alpha value is -3.66. The molecule has 36 heavy (non-hydrogen) atoms. The number of hydrogen-bond donors (Lipinski definition) is 0. The fraction of sp³-hybridized carbons (Fsp3) is 0.312. The van der Waals surface area contributed by atoms with Crippen molar-refractivity contribution in [1.82, 2.24) is 0 Å². The van der Waals surface area contributed by atoms with E-state index in [0.29, 0.717) is 19.1 Å². The van der Waals surface area contributed by atoms with E-state index in [4.69, 9.17) is 18.9 Å². The Balaban J connectivity index is 1.99. The third-order valence-electron chi connectivity index (χ3n) is 5.79. The summed E-state index contributed by atoms with van der Waals surface area (Å²) >= 11 is 0. The lowest BCUT2D eigenvalue weighted by Gasteiger charge is -2.14. The summed E-state index contributed by atoms with van der Waals surface area (Å²) in [6, 6.07) is 18.3. The molecule has 0 atom stereocenters. The van der Waals surface area contributed by atoms with Crippen LogP contribution in [0, 0.1) is 5.92 Å². The van der Waals surface area contributed by atoms with Crippen LogP contribution in [0.15, 0.2) is 54.6 Å². The lowest BCUT2D eigenvalue weighted by atomic mass is 9.92. The fourth-order valence-electron chi connectivity index (χ4n) is 4.06. The second-order valence-corrected chi connectivity index (χ2v) is 8.85. The molecule has 0 bridgehead atoms. The van der Waals surface area contributed by atoms with Gasteiger partial charge in [0.1, 0.15) is 23.0 Å². The average Bonchev–Trinajstić information content (AvgIpc) is 2.88. The largest absolute Gasteiger partial charge is 0.497 e. The standard InChI is InChI=1S/C32H38O4/c1-7-35-31-21-28(33-5)18-16-26(31)14-12-24-10-9-11-25(30(24)20-23(3)4)13-15-27-17-19-29(34-6)22-32(27)36-8-2/h9-19,21-23H,7-8,20H2,1-6H3/b14-12+,15-13+. The Morgan fingerprint density at radius 2 is 1.08 bits per heavy atom. The predicted molar refractivity (Wildman–Crippen MR) is 151 cm³/mol. The van der Waals surface area contributed by atoms with E-state index in [1.165, 1.54) is 16.7 Å². The highest BCUT2D eigenvalue weighted by Crippen LogP contribution is 2.30. The van der Waals surface area contributed by atoms with E-state index in [1.54, 1.807) is 14.2 Å². The molecular formula is C32H38O4. The molecule has 0 unspecified atom stereocenters. The molecule has 3 aromatic carbocycles. The van der Waals surface area contributed by atoms with Crippen molar-refractivity contribution in [2.24, 2.45) is 5.92 Å². The van der Waals surface area contributed by atoms with Crippen molar-refractivity contribution in [1.29, 1.82) is 0 Å². The first-order valence-corrected chi connectivity index (χ1v) is 12.6. The van der Waals surface area contributed by atoms with Crippen LogP contribution in [0.25, 0.3) is 24.3 Å². The van der Waals surface area contributed by atoms with Gasteiger partial charge >= 0.3 is 0 Å². The molecule has 0 N–H and O–H groups in total. The zero-order valence-electron chi connectivity index (χ0n) is 22.3. The summed E-state index contributed by atoms with van der Waals surface area (Å²) in [5.74, 6) is 3.73. The maximum Gasteiger partial charge on any atom is 0.130 e. The van der Waals surface area contributed by atoms with Gasteiger partial charge in [0.2, 0.25) is 0 Å². The van der Waals surface area contributed by atoms with E-state index >= 15 is 0 Å². The van der Waals surface area contributed by atoms with Crippen molar-refractivity contribution in [3.8, 4) is 23.0 Å². The molecule has 0 aliphatic carbocycles. The van der Waals surface area contributed by atoms with Crippen LogP contribution in [0.4, 0.5) is 0 Å². The van der Waals surface area contributed by atoms with Gasteiger partial charge in [0.15, 0.2) is 0 Å². The fourth-order valence-corrected chi connectivity index (χ4v) is 4.06. The van der Waals surface area contributed by atoms with Crippen LogP contribution in [0.2, 0.25) is 0 Å². The van der Waals surface area contributed by atoms with E-state index in [1.807, 2.05) is 50.2 Å². The van der Waals surface area contributed by atoms with E-state index in [9.17, 15) is 0 Å². The van der Waals surface area contributed by atoms with E-state index in [2.05, 4.69) is 56.4 Å². The van der Waals surface area contributed by atoms with Crippen molar-refractivity contribution in [3.05, 3.63) is 82.4 Å². The van der Waals surface area contributed by atoms with Gasteiger partial charge in [-0.15, -0.1) is 0 Å². The Morgan fingerprint density at radius 3 is 1.47 bits per heavy atom. The summed E-state index contributed by atoms with van der Waals surface area (Å²) < 4.78 is 22.5. The van der Waals surface area contributed by atoms with Crippen LogP contribution in [-0.4, -0.2) is 27.4 Å². The Morgan fingerprint density at radius 1 is 0.639 bits per heavy atom. The molecule has 0 fully saturated rings. The molecule has 0 saturated carbocycles. The van der Waals surface area contributed by atoms with Crippen LogP contribution in [-0.2, 0) is 6.42 Å². The third kappa shape index (κ3) is 7.17. The minimum absolute atomic E-state index is 0.520. The van der Waals surface area contributed by atoms with Gasteiger partial charge in [-0.25, -0.2) is 0 Å². The van der Waals surface area contributed by atoms with Crippen LogP contribution in [0.1, 0.15) is 55.5 Å². The highest BCUT2D eigenvalue weighted by Gasteiger charge is 2.09. The van der Waals surface area contributed by atoms with Crippen molar-refractivity contribution in [2.75, 3.05) is 27.4 Å². The zero-order chi connectivity index (χ0) is 25.9. The SMILES string of the molecule is CCOc1cc(OC)ccc1/C=C/c1cccc(/C=C/c2ccc(OC)cc2OCC)c1CC(C)C. The summed E-state index contributed by atoms with van der Waals surface area (Å²) in [7, 11) is 3.34.